The fourth-order valence-electron chi connectivity index (χ4n) is 2.13. The van der Waals surface area contributed by atoms with Crippen molar-refractivity contribution in [1.29, 1.82) is 0 Å². The van der Waals surface area contributed by atoms with Gasteiger partial charge in [0.25, 0.3) is 0 Å². The summed E-state index contributed by atoms with van der Waals surface area (Å²) >= 11 is 1.73. The predicted octanol–water partition coefficient (Wildman–Crippen LogP) is 1.87. The lowest BCUT2D eigenvalue weighted by Crippen LogP contribution is -2.04. The van der Waals surface area contributed by atoms with Crippen LogP contribution >= 0.6 is 11.8 Å². The van der Waals surface area contributed by atoms with Gasteiger partial charge in [-0.05, 0) is 17.7 Å². The van der Waals surface area contributed by atoms with Crippen molar-refractivity contribution in [2.24, 2.45) is 0 Å². The van der Waals surface area contributed by atoms with Crippen LogP contribution in [0.25, 0.3) is 0 Å². The summed E-state index contributed by atoms with van der Waals surface area (Å²) in [5.74, 6) is 0.644. The molecule has 0 N–H and O–H groups in total. The second kappa shape index (κ2) is 6.28. The Morgan fingerprint density at radius 3 is 3.24 bits per heavy atom. The molecule has 1 aliphatic rings. The lowest BCUT2D eigenvalue weighted by Gasteiger charge is -2.04. The number of thioether (sulfide) groups is 1. The van der Waals surface area contributed by atoms with E-state index in [0.29, 0.717) is 12.1 Å². The summed E-state index contributed by atoms with van der Waals surface area (Å²) in [6.45, 7) is 1.30. The number of hydrogen-bond acceptors (Lipinski definition) is 6. The molecule has 1 atom stereocenters. The molecule has 6 nitrogen and oxygen atoms in total. The van der Waals surface area contributed by atoms with E-state index in [1.54, 1.807) is 28.6 Å². The summed E-state index contributed by atoms with van der Waals surface area (Å²) in [5.41, 5.74) is 2.32. The van der Waals surface area contributed by atoms with Gasteiger partial charge in [0.15, 0.2) is 0 Å². The monoisotopic (exact) mass is 305 g/mol. The van der Waals surface area contributed by atoms with Crippen LogP contribution in [-0.4, -0.2) is 40.4 Å². The molecule has 7 heteroatoms. The zero-order chi connectivity index (χ0) is 14.7. The molecule has 1 aromatic heterocycles. The van der Waals surface area contributed by atoms with Gasteiger partial charge in [-0.1, -0.05) is 17.3 Å². The number of ether oxygens (including phenoxy) is 2. The molecule has 0 saturated carbocycles. The zero-order valence-electron chi connectivity index (χ0n) is 11.6. The van der Waals surface area contributed by atoms with Gasteiger partial charge in [0, 0.05) is 5.75 Å². The average Bonchev–Trinajstić information content (AvgIpc) is 3.17. The highest BCUT2D eigenvalue weighted by Crippen LogP contribution is 2.33. The molecule has 3 rings (SSSR count). The summed E-state index contributed by atoms with van der Waals surface area (Å²) in [4.78, 5) is 11.5. The summed E-state index contributed by atoms with van der Waals surface area (Å²) in [6, 6.07) is 7.29. The van der Waals surface area contributed by atoms with E-state index in [9.17, 15) is 4.79 Å². The van der Waals surface area contributed by atoms with E-state index < -0.39 is 0 Å². The maximum Gasteiger partial charge on any atom is 0.337 e. The van der Waals surface area contributed by atoms with Crippen LogP contribution in [-0.2, 0) is 16.0 Å². The Bertz CT molecular complexity index is 638. The van der Waals surface area contributed by atoms with Crippen molar-refractivity contribution in [3.63, 3.8) is 0 Å². The van der Waals surface area contributed by atoms with E-state index >= 15 is 0 Å². The minimum atomic E-state index is -0.341. The van der Waals surface area contributed by atoms with Crippen LogP contribution in [0.4, 0.5) is 0 Å². The highest BCUT2D eigenvalue weighted by Gasteiger charge is 2.21. The Labute approximate surface area is 126 Å². The Kier molecular flexibility index (Phi) is 4.21. The number of carbonyl (C=O) groups is 1. The Morgan fingerprint density at radius 2 is 2.48 bits per heavy atom. The van der Waals surface area contributed by atoms with Crippen molar-refractivity contribution in [3.8, 4) is 0 Å². The second-order valence-electron chi connectivity index (χ2n) is 4.61. The zero-order valence-corrected chi connectivity index (χ0v) is 12.4. The summed E-state index contributed by atoms with van der Waals surface area (Å²) in [7, 11) is 1.37. The maximum absolute atomic E-state index is 11.5. The molecular formula is C14H15N3O3S. The second-order valence-corrected chi connectivity index (χ2v) is 5.78. The molecule has 1 unspecified atom stereocenters. The van der Waals surface area contributed by atoms with Crippen molar-refractivity contribution in [2.75, 3.05) is 19.5 Å². The van der Waals surface area contributed by atoms with Crippen molar-refractivity contribution < 1.29 is 14.3 Å². The topological polar surface area (TPSA) is 66.2 Å². The average molecular weight is 305 g/mol. The van der Waals surface area contributed by atoms with Crippen molar-refractivity contribution >= 4 is 17.7 Å². The number of aromatic nitrogens is 3. The van der Waals surface area contributed by atoms with Crippen LogP contribution in [0.2, 0.25) is 0 Å². The molecule has 1 saturated heterocycles. The predicted molar refractivity (Wildman–Crippen MR) is 78.1 cm³/mol. The molecule has 2 heterocycles. The molecule has 0 amide bonds. The summed E-state index contributed by atoms with van der Waals surface area (Å²) in [6.07, 6.45) is 1.88. The third-order valence-electron chi connectivity index (χ3n) is 3.11. The number of benzene rings is 1. The van der Waals surface area contributed by atoms with E-state index in [1.807, 2.05) is 18.3 Å². The summed E-state index contributed by atoms with van der Waals surface area (Å²) < 4.78 is 12.0. The highest BCUT2D eigenvalue weighted by atomic mass is 32.2. The van der Waals surface area contributed by atoms with E-state index in [2.05, 4.69) is 10.3 Å². The molecule has 21 heavy (non-hydrogen) atoms. The van der Waals surface area contributed by atoms with Gasteiger partial charge < -0.3 is 9.47 Å². The fourth-order valence-corrected chi connectivity index (χ4v) is 3.01. The Hall–Kier alpha value is -1.86. The standard InChI is InChI=1S/C14H15N3O3S/c1-19-13(18)11-4-2-3-10(7-11)8-17-9-12(15-16-17)14-20-5-6-21-14/h2-4,7,9,14H,5-6,8H2,1H3. The molecular weight excluding hydrogens is 290 g/mol. The quantitative estimate of drug-likeness (QED) is 0.804. The minimum absolute atomic E-state index is 0.0137. The van der Waals surface area contributed by atoms with Gasteiger partial charge in [0.2, 0.25) is 0 Å². The SMILES string of the molecule is COC(=O)c1cccc(Cn2cc(C3OCCS3)nn2)c1. The number of nitrogens with zero attached hydrogens (tertiary/aromatic N) is 3. The first-order chi connectivity index (χ1) is 10.3. The molecule has 2 aromatic rings. The van der Waals surface area contributed by atoms with E-state index in [-0.39, 0.29) is 11.4 Å². The third kappa shape index (κ3) is 3.25. The van der Waals surface area contributed by atoms with Gasteiger partial charge in [-0.2, -0.15) is 0 Å². The molecule has 1 aromatic carbocycles. The Balaban J connectivity index is 1.73. The van der Waals surface area contributed by atoms with Crippen molar-refractivity contribution in [3.05, 3.63) is 47.3 Å². The van der Waals surface area contributed by atoms with Crippen LogP contribution in [0.5, 0.6) is 0 Å². The molecule has 0 aliphatic carbocycles. The Morgan fingerprint density at radius 1 is 1.57 bits per heavy atom. The summed E-state index contributed by atoms with van der Waals surface area (Å²) in [5, 5.41) is 8.25. The van der Waals surface area contributed by atoms with Gasteiger partial charge in [-0.3, -0.25) is 0 Å². The largest absolute Gasteiger partial charge is 0.465 e. The minimum Gasteiger partial charge on any atom is -0.465 e. The molecule has 1 fully saturated rings. The van der Waals surface area contributed by atoms with Crippen molar-refractivity contribution in [1.82, 2.24) is 15.0 Å². The lowest BCUT2D eigenvalue weighted by atomic mass is 10.1. The van der Waals surface area contributed by atoms with Crippen molar-refractivity contribution in [2.45, 2.75) is 12.0 Å². The molecule has 1 aliphatic heterocycles. The molecule has 0 spiro atoms. The smallest absolute Gasteiger partial charge is 0.337 e. The van der Waals surface area contributed by atoms with Crippen LogP contribution < -0.4 is 0 Å². The van der Waals surface area contributed by atoms with E-state index in [1.165, 1.54) is 7.11 Å². The van der Waals surface area contributed by atoms with Gasteiger partial charge >= 0.3 is 5.97 Å². The molecule has 0 radical (unpaired) electrons. The lowest BCUT2D eigenvalue weighted by molar-refractivity contribution is 0.0600. The first-order valence-corrected chi connectivity index (χ1v) is 7.61. The van der Waals surface area contributed by atoms with E-state index in [4.69, 9.17) is 9.47 Å². The third-order valence-corrected chi connectivity index (χ3v) is 4.19. The first kappa shape index (κ1) is 14.1. The highest BCUT2D eigenvalue weighted by molar-refractivity contribution is 7.99. The van der Waals surface area contributed by atoms with Crippen LogP contribution in [0.15, 0.2) is 30.5 Å². The fraction of sp³-hybridized carbons (Fsp3) is 0.357. The van der Waals surface area contributed by atoms with Crippen LogP contribution in [0.3, 0.4) is 0 Å². The van der Waals surface area contributed by atoms with Gasteiger partial charge in [-0.15, -0.1) is 16.9 Å². The molecule has 0 bridgehead atoms. The molecule has 110 valence electrons. The number of rotatable bonds is 4. The van der Waals surface area contributed by atoms with Crippen LogP contribution in [0.1, 0.15) is 27.1 Å². The normalized spacial score (nSPS) is 17.9. The number of methoxy groups -OCH3 is 1. The first-order valence-electron chi connectivity index (χ1n) is 6.57. The number of esters is 1. The maximum atomic E-state index is 11.5. The van der Waals surface area contributed by atoms with Gasteiger partial charge in [0.05, 0.1) is 32.0 Å². The van der Waals surface area contributed by atoms with Gasteiger partial charge in [-0.25, -0.2) is 9.48 Å². The van der Waals surface area contributed by atoms with Gasteiger partial charge in [0.1, 0.15) is 11.1 Å². The number of carbonyl (C=O) groups excluding carboxylic acids is 1. The number of hydrogen-bond donors (Lipinski definition) is 0. The van der Waals surface area contributed by atoms with E-state index in [0.717, 1.165) is 23.6 Å². The van der Waals surface area contributed by atoms with Crippen LogP contribution in [0, 0.1) is 0 Å².